The number of carbonyl (C=O) groups is 1. The Labute approximate surface area is 171 Å². The van der Waals surface area contributed by atoms with Crippen molar-refractivity contribution < 1.29 is 18.8 Å². The summed E-state index contributed by atoms with van der Waals surface area (Å²) in [5.41, 5.74) is 1.56. The number of halogens is 2. The fourth-order valence-electron chi connectivity index (χ4n) is 2.61. The van der Waals surface area contributed by atoms with E-state index in [1.165, 1.54) is 36.4 Å². The summed E-state index contributed by atoms with van der Waals surface area (Å²) in [6, 6.07) is 16.6. The van der Waals surface area contributed by atoms with Crippen molar-refractivity contribution in [1.29, 1.82) is 0 Å². The van der Waals surface area contributed by atoms with Gasteiger partial charge >= 0.3 is 5.97 Å². The molecule has 0 aromatic heterocycles. The number of hydrogen-bond donors (Lipinski definition) is 1. The number of non-ortho nitro benzene ring substituents is 1. The highest BCUT2D eigenvalue weighted by Crippen LogP contribution is 2.25. The third kappa shape index (κ3) is 5.30. The molecule has 0 unspecified atom stereocenters. The molecule has 3 aromatic rings. The van der Waals surface area contributed by atoms with Crippen LogP contribution in [0.25, 0.3) is 0 Å². The summed E-state index contributed by atoms with van der Waals surface area (Å²) < 4.78 is 18.2. The van der Waals surface area contributed by atoms with Crippen molar-refractivity contribution in [2.24, 2.45) is 0 Å². The molecule has 0 saturated carbocycles. The molecule has 6 nitrogen and oxygen atoms in total. The normalized spacial score (nSPS) is 10.4. The number of benzene rings is 3. The second kappa shape index (κ2) is 9.16. The standard InChI is InChI=1S/C21H16ClFN2O4/c22-19-4-2-1-3-15(19)12-24-20-10-9-17(25(27)28)11-18(20)21(26)29-13-14-5-7-16(23)8-6-14/h1-11,24H,12-13H2. The van der Waals surface area contributed by atoms with Crippen LogP contribution in [0.2, 0.25) is 5.02 Å². The maximum atomic E-state index is 13.0. The molecule has 0 amide bonds. The van der Waals surface area contributed by atoms with E-state index in [1.807, 2.05) is 12.1 Å². The van der Waals surface area contributed by atoms with E-state index >= 15 is 0 Å². The van der Waals surface area contributed by atoms with E-state index in [9.17, 15) is 19.3 Å². The van der Waals surface area contributed by atoms with Gasteiger partial charge in [-0.05, 0) is 35.4 Å². The average molecular weight is 415 g/mol. The van der Waals surface area contributed by atoms with E-state index in [1.54, 1.807) is 12.1 Å². The molecule has 0 spiro atoms. The zero-order chi connectivity index (χ0) is 20.8. The van der Waals surface area contributed by atoms with Crippen molar-refractivity contribution in [2.75, 3.05) is 5.32 Å². The summed E-state index contributed by atoms with van der Waals surface area (Å²) in [4.78, 5) is 23.1. The van der Waals surface area contributed by atoms with Crippen LogP contribution in [0.4, 0.5) is 15.8 Å². The van der Waals surface area contributed by atoms with E-state index in [4.69, 9.17) is 16.3 Å². The summed E-state index contributed by atoms with van der Waals surface area (Å²) in [6.07, 6.45) is 0. The van der Waals surface area contributed by atoms with Crippen LogP contribution in [-0.4, -0.2) is 10.9 Å². The molecule has 0 heterocycles. The van der Waals surface area contributed by atoms with Crippen molar-refractivity contribution in [1.82, 2.24) is 0 Å². The summed E-state index contributed by atoms with van der Waals surface area (Å²) in [5, 5.41) is 14.7. The lowest BCUT2D eigenvalue weighted by Crippen LogP contribution is -2.11. The third-order valence-corrected chi connectivity index (χ3v) is 4.51. The van der Waals surface area contributed by atoms with Gasteiger partial charge < -0.3 is 10.1 Å². The smallest absolute Gasteiger partial charge is 0.340 e. The van der Waals surface area contributed by atoms with E-state index in [2.05, 4.69) is 5.32 Å². The third-order valence-electron chi connectivity index (χ3n) is 4.14. The molecule has 0 aliphatic rings. The van der Waals surface area contributed by atoms with Gasteiger partial charge in [0.25, 0.3) is 5.69 Å². The van der Waals surface area contributed by atoms with Crippen LogP contribution in [0.1, 0.15) is 21.5 Å². The number of nitrogens with one attached hydrogen (secondary N) is 1. The van der Waals surface area contributed by atoms with Crippen LogP contribution in [0.3, 0.4) is 0 Å². The Hall–Kier alpha value is -3.45. The SMILES string of the molecule is O=C(OCc1ccc(F)cc1)c1cc([N+](=O)[O-])ccc1NCc1ccccc1Cl. The van der Waals surface area contributed by atoms with Crippen LogP contribution in [0.15, 0.2) is 66.7 Å². The molecule has 0 bridgehead atoms. The van der Waals surface area contributed by atoms with Crippen LogP contribution >= 0.6 is 11.6 Å². The summed E-state index contributed by atoms with van der Waals surface area (Å²) in [5.74, 6) is -1.13. The summed E-state index contributed by atoms with van der Waals surface area (Å²) >= 11 is 6.14. The number of carbonyl (C=O) groups excluding carboxylic acids is 1. The lowest BCUT2D eigenvalue weighted by Gasteiger charge is -2.13. The highest BCUT2D eigenvalue weighted by Gasteiger charge is 2.18. The summed E-state index contributed by atoms with van der Waals surface area (Å²) in [7, 11) is 0. The molecule has 0 atom stereocenters. The van der Waals surface area contributed by atoms with E-state index in [0.717, 1.165) is 11.6 Å². The number of anilines is 1. The minimum Gasteiger partial charge on any atom is -0.457 e. The van der Waals surface area contributed by atoms with Crippen molar-refractivity contribution in [3.05, 3.63) is 104 Å². The zero-order valence-corrected chi connectivity index (χ0v) is 15.9. The minimum absolute atomic E-state index is 0.0216. The van der Waals surface area contributed by atoms with E-state index in [0.29, 0.717) is 22.8 Å². The Morgan fingerprint density at radius 3 is 2.52 bits per heavy atom. The first-order valence-electron chi connectivity index (χ1n) is 8.61. The van der Waals surface area contributed by atoms with Crippen molar-refractivity contribution in [3.63, 3.8) is 0 Å². The molecule has 148 valence electrons. The summed E-state index contributed by atoms with van der Waals surface area (Å²) in [6.45, 7) is 0.224. The van der Waals surface area contributed by atoms with Gasteiger partial charge in [0.1, 0.15) is 12.4 Å². The highest BCUT2D eigenvalue weighted by molar-refractivity contribution is 6.31. The molecular formula is C21H16ClFN2O4. The fourth-order valence-corrected chi connectivity index (χ4v) is 2.81. The molecule has 8 heteroatoms. The Bertz CT molecular complexity index is 1040. The predicted octanol–water partition coefficient (Wildman–Crippen LogP) is 5.36. The van der Waals surface area contributed by atoms with Crippen LogP contribution < -0.4 is 5.32 Å². The lowest BCUT2D eigenvalue weighted by atomic mass is 10.1. The molecule has 29 heavy (non-hydrogen) atoms. The van der Waals surface area contributed by atoms with Crippen LogP contribution in [-0.2, 0) is 17.9 Å². The van der Waals surface area contributed by atoms with E-state index in [-0.39, 0.29) is 17.9 Å². The monoisotopic (exact) mass is 414 g/mol. The Balaban J connectivity index is 1.79. The average Bonchev–Trinajstić information content (AvgIpc) is 2.72. The molecule has 3 aromatic carbocycles. The van der Waals surface area contributed by atoms with Crippen LogP contribution in [0.5, 0.6) is 0 Å². The van der Waals surface area contributed by atoms with Gasteiger partial charge in [-0.2, -0.15) is 0 Å². The highest BCUT2D eigenvalue weighted by atomic mass is 35.5. The number of hydrogen-bond acceptors (Lipinski definition) is 5. The molecule has 0 radical (unpaired) electrons. The van der Waals surface area contributed by atoms with Crippen molar-refractivity contribution in [3.8, 4) is 0 Å². The van der Waals surface area contributed by atoms with Gasteiger partial charge in [0.05, 0.1) is 10.5 Å². The van der Waals surface area contributed by atoms with Gasteiger partial charge in [0.15, 0.2) is 0 Å². The van der Waals surface area contributed by atoms with Gasteiger partial charge in [-0.25, -0.2) is 9.18 Å². The van der Waals surface area contributed by atoms with Gasteiger partial charge in [-0.3, -0.25) is 10.1 Å². The van der Waals surface area contributed by atoms with E-state index < -0.39 is 16.7 Å². The van der Waals surface area contributed by atoms with Crippen molar-refractivity contribution in [2.45, 2.75) is 13.2 Å². The Kier molecular flexibility index (Phi) is 6.41. The number of nitro groups is 1. The molecule has 0 aliphatic carbocycles. The quantitative estimate of drug-likeness (QED) is 0.320. The Morgan fingerprint density at radius 1 is 1.10 bits per heavy atom. The fraction of sp³-hybridized carbons (Fsp3) is 0.0952. The first kappa shape index (κ1) is 20.3. The molecular weight excluding hydrogens is 399 g/mol. The number of rotatable bonds is 7. The topological polar surface area (TPSA) is 81.5 Å². The lowest BCUT2D eigenvalue weighted by molar-refractivity contribution is -0.384. The molecule has 0 aliphatic heterocycles. The number of esters is 1. The second-order valence-electron chi connectivity index (χ2n) is 6.13. The first-order valence-corrected chi connectivity index (χ1v) is 8.99. The second-order valence-corrected chi connectivity index (χ2v) is 6.54. The maximum Gasteiger partial charge on any atom is 0.340 e. The molecule has 0 saturated heterocycles. The van der Waals surface area contributed by atoms with Crippen LogP contribution in [0, 0.1) is 15.9 Å². The van der Waals surface area contributed by atoms with Gasteiger partial charge in [0.2, 0.25) is 0 Å². The number of nitro benzene ring substituents is 1. The Morgan fingerprint density at radius 2 is 1.83 bits per heavy atom. The van der Waals surface area contributed by atoms with Gasteiger partial charge in [-0.15, -0.1) is 0 Å². The number of nitrogens with zero attached hydrogens (tertiary/aromatic N) is 1. The van der Waals surface area contributed by atoms with Gasteiger partial charge in [0, 0.05) is 29.4 Å². The molecule has 3 rings (SSSR count). The zero-order valence-electron chi connectivity index (χ0n) is 15.1. The molecule has 1 N–H and O–H groups in total. The van der Waals surface area contributed by atoms with Crippen molar-refractivity contribution >= 4 is 28.9 Å². The number of ether oxygens (including phenoxy) is 1. The minimum atomic E-state index is -0.736. The maximum absolute atomic E-state index is 13.0. The first-order chi connectivity index (χ1) is 13.9. The predicted molar refractivity (Wildman–Crippen MR) is 107 cm³/mol. The van der Waals surface area contributed by atoms with Gasteiger partial charge in [-0.1, -0.05) is 41.9 Å². The molecule has 0 fully saturated rings. The largest absolute Gasteiger partial charge is 0.457 e.